The molecule has 0 aliphatic carbocycles. The lowest BCUT2D eigenvalue weighted by molar-refractivity contribution is -0.384. The van der Waals surface area contributed by atoms with Crippen molar-refractivity contribution in [3.63, 3.8) is 0 Å². The van der Waals surface area contributed by atoms with Crippen LogP contribution in [0.25, 0.3) is 11.3 Å². The molecule has 7 nitrogen and oxygen atoms in total. The number of nitrogens with zero attached hydrogens (tertiary/aromatic N) is 1. The summed E-state index contributed by atoms with van der Waals surface area (Å²) in [6.45, 7) is 0.0125. The van der Waals surface area contributed by atoms with Crippen molar-refractivity contribution in [3.05, 3.63) is 81.6 Å². The van der Waals surface area contributed by atoms with Gasteiger partial charge >= 0.3 is 0 Å². The third-order valence-corrected chi connectivity index (χ3v) is 3.92. The maximum atomic E-state index is 11.9. The van der Waals surface area contributed by atoms with Crippen LogP contribution in [-0.4, -0.2) is 17.4 Å². The number of nitro benzene ring substituents is 1. The van der Waals surface area contributed by atoms with E-state index in [0.717, 1.165) is 5.56 Å². The highest BCUT2D eigenvalue weighted by Crippen LogP contribution is 2.23. The molecule has 0 radical (unpaired) electrons. The Balaban J connectivity index is 1.48. The predicted molar refractivity (Wildman–Crippen MR) is 99.6 cm³/mol. The van der Waals surface area contributed by atoms with Crippen molar-refractivity contribution < 1.29 is 18.9 Å². The highest BCUT2D eigenvalue weighted by Gasteiger charge is 2.09. The summed E-state index contributed by atoms with van der Waals surface area (Å²) in [5.41, 5.74) is 0.847. The third kappa shape index (κ3) is 5.08. The summed E-state index contributed by atoms with van der Waals surface area (Å²) < 4.78 is 11.0. The lowest BCUT2D eigenvalue weighted by Gasteiger charge is -2.06. The molecule has 3 aromatic rings. The van der Waals surface area contributed by atoms with Gasteiger partial charge < -0.3 is 14.5 Å². The zero-order valence-corrected chi connectivity index (χ0v) is 14.8. The van der Waals surface area contributed by atoms with Gasteiger partial charge in [-0.1, -0.05) is 11.6 Å². The molecule has 2 aromatic carbocycles. The van der Waals surface area contributed by atoms with E-state index in [2.05, 4.69) is 5.32 Å². The van der Waals surface area contributed by atoms with Crippen LogP contribution in [0.5, 0.6) is 5.75 Å². The van der Waals surface area contributed by atoms with Crippen molar-refractivity contribution in [2.75, 3.05) is 6.61 Å². The van der Waals surface area contributed by atoms with E-state index < -0.39 is 4.92 Å². The van der Waals surface area contributed by atoms with Crippen LogP contribution in [0.15, 0.2) is 65.1 Å². The number of nitrogens with one attached hydrogen (secondary N) is 1. The molecule has 0 atom stereocenters. The third-order valence-electron chi connectivity index (χ3n) is 3.67. The SMILES string of the molecule is O=C(COc1ccc([N+](=O)[O-])cc1)NCc1ccc(-c2ccc(Cl)cc2)o1. The number of hydrogen-bond acceptors (Lipinski definition) is 5. The molecule has 0 aliphatic heterocycles. The van der Waals surface area contributed by atoms with E-state index in [1.165, 1.54) is 24.3 Å². The van der Waals surface area contributed by atoms with Gasteiger partial charge in [-0.2, -0.15) is 0 Å². The van der Waals surface area contributed by atoms with Gasteiger partial charge in [0.2, 0.25) is 0 Å². The lowest BCUT2D eigenvalue weighted by atomic mass is 10.2. The van der Waals surface area contributed by atoms with E-state index in [-0.39, 0.29) is 24.7 Å². The number of amides is 1. The van der Waals surface area contributed by atoms with Crippen molar-refractivity contribution >= 4 is 23.2 Å². The number of carbonyl (C=O) groups is 1. The van der Waals surface area contributed by atoms with Gasteiger partial charge in [-0.05, 0) is 48.5 Å². The molecule has 0 bridgehead atoms. The number of rotatable bonds is 7. The van der Waals surface area contributed by atoms with Crippen LogP contribution in [0.4, 0.5) is 5.69 Å². The van der Waals surface area contributed by atoms with E-state index >= 15 is 0 Å². The first kappa shape index (κ1) is 18.5. The van der Waals surface area contributed by atoms with Crippen molar-refractivity contribution in [2.24, 2.45) is 0 Å². The number of carbonyl (C=O) groups excluding carboxylic acids is 1. The Hall–Kier alpha value is -3.32. The molecule has 8 heteroatoms. The summed E-state index contributed by atoms with van der Waals surface area (Å²) in [7, 11) is 0. The summed E-state index contributed by atoms with van der Waals surface area (Å²) >= 11 is 5.86. The van der Waals surface area contributed by atoms with E-state index in [0.29, 0.717) is 22.3 Å². The first-order chi connectivity index (χ1) is 13.0. The van der Waals surface area contributed by atoms with Crippen molar-refractivity contribution in [2.45, 2.75) is 6.54 Å². The van der Waals surface area contributed by atoms with Gasteiger partial charge in [0.25, 0.3) is 11.6 Å². The van der Waals surface area contributed by atoms with Crippen molar-refractivity contribution in [1.29, 1.82) is 0 Å². The maximum absolute atomic E-state index is 11.9. The number of halogens is 1. The minimum absolute atomic E-state index is 0.0406. The van der Waals surface area contributed by atoms with Crippen LogP contribution < -0.4 is 10.1 Å². The molecule has 1 amide bonds. The zero-order valence-electron chi connectivity index (χ0n) is 14.1. The average Bonchev–Trinajstić information content (AvgIpc) is 3.14. The monoisotopic (exact) mass is 386 g/mol. The van der Waals surface area contributed by atoms with E-state index in [4.69, 9.17) is 20.8 Å². The molecular weight excluding hydrogens is 372 g/mol. The number of benzene rings is 2. The van der Waals surface area contributed by atoms with Gasteiger partial charge in [0.1, 0.15) is 17.3 Å². The number of hydrogen-bond donors (Lipinski definition) is 1. The molecule has 0 fully saturated rings. The minimum Gasteiger partial charge on any atom is -0.484 e. The van der Waals surface area contributed by atoms with Crippen LogP contribution in [-0.2, 0) is 11.3 Å². The standard InChI is InChI=1S/C19H15ClN2O5/c20-14-3-1-13(2-4-14)18-10-9-17(27-18)11-21-19(23)12-26-16-7-5-15(6-8-16)22(24)25/h1-10H,11-12H2,(H,21,23). The topological polar surface area (TPSA) is 94.6 Å². The Labute approximate surface area is 159 Å². The molecule has 1 N–H and O–H groups in total. The molecule has 0 aliphatic rings. The molecular formula is C19H15ClN2O5. The first-order valence-corrected chi connectivity index (χ1v) is 8.37. The predicted octanol–water partition coefficient (Wildman–Crippen LogP) is 4.20. The quantitative estimate of drug-likeness (QED) is 0.485. The molecule has 3 rings (SSSR count). The molecule has 27 heavy (non-hydrogen) atoms. The second kappa shape index (κ2) is 8.37. The van der Waals surface area contributed by atoms with E-state index in [1.807, 2.05) is 18.2 Å². The molecule has 0 spiro atoms. The van der Waals surface area contributed by atoms with Crippen molar-refractivity contribution in [3.8, 4) is 17.1 Å². The fourth-order valence-corrected chi connectivity index (χ4v) is 2.42. The van der Waals surface area contributed by atoms with Crippen LogP contribution in [0.3, 0.4) is 0 Å². The molecule has 0 unspecified atom stereocenters. The smallest absolute Gasteiger partial charge is 0.269 e. The van der Waals surface area contributed by atoms with Gasteiger partial charge in [-0.15, -0.1) is 0 Å². The van der Waals surface area contributed by atoms with Crippen LogP contribution in [0.1, 0.15) is 5.76 Å². The molecule has 0 saturated heterocycles. The normalized spacial score (nSPS) is 10.4. The Kier molecular flexibility index (Phi) is 5.73. The van der Waals surface area contributed by atoms with Gasteiger partial charge in [-0.3, -0.25) is 14.9 Å². The summed E-state index contributed by atoms with van der Waals surface area (Å²) in [6.07, 6.45) is 0. The summed E-state index contributed by atoms with van der Waals surface area (Å²) in [6, 6.07) is 16.4. The van der Waals surface area contributed by atoms with Crippen LogP contribution >= 0.6 is 11.6 Å². The Morgan fingerprint density at radius 3 is 2.44 bits per heavy atom. The Morgan fingerprint density at radius 2 is 1.78 bits per heavy atom. The van der Waals surface area contributed by atoms with E-state index in [1.54, 1.807) is 18.2 Å². The molecule has 0 saturated carbocycles. The van der Waals surface area contributed by atoms with Gasteiger partial charge in [0, 0.05) is 22.7 Å². The van der Waals surface area contributed by atoms with Gasteiger partial charge in [0.15, 0.2) is 6.61 Å². The molecule has 1 aromatic heterocycles. The second-order valence-corrected chi connectivity index (χ2v) is 6.03. The summed E-state index contributed by atoms with van der Waals surface area (Å²) in [5, 5.41) is 13.9. The molecule has 1 heterocycles. The highest BCUT2D eigenvalue weighted by atomic mass is 35.5. The van der Waals surface area contributed by atoms with Gasteiger partial charge in [-0.25, -0.2) is 0 Å². The zero-order chi connectivity index (χ0) is 19.2. The highest BCUT2D eigenvalue weighted by molar-refractivity contribution is 6.30. The summed E-state index contributed by atoms with van der Waals surface area (Å²) in [4.78, 5) is 22.0. The average molecular weight is 387 g/mol. The maximum Gasteiger partial charge on any atom is 0.269 e. The molecule has 138 valence electrons. The number of nitro groups is 1. The van der Waals surface area contributed by atoms with Crippen molar-refractivity contribution in [1.82, 2.24) is 5.32 Å². The second-order valence-electron chi connectivity index (χ2n) is 5.59. The largest absolute Gasteiger partial charge is 0.484 e. The van der Waals surface area contributed by atoms with Crippen LogP contribution in [0.2, 0.25) is 5.02 Å². The fraction of sp³-hybridized carbons (Fsp3) is 0.105. The number of furan rings is 1. The number of non-ortho nitro benzene ring substituents is 1. The Morgan fingerprint density at radius 1 is 1.07 bits per heavy atom. The minimum atomic E-state index is -0.502. The lowest BCUT2D eigenvalue weighted by Crippen LogP contribution is -2.28. The van der Waals surface area contributed by atoms with E-state index in [9.17, 15) is 14.9 Å². The number of ether oxygens (including phenoxy) is 1. The Bertz CT molecular complexity index is 935. The van der Waals surface area contributed by atoms with Crippen LogP contribution in [0, 0.1) is 10.1 Å². The first-order valence-electron chi connectivity index (χ1n) is 8.00. The van der Waals surface area contributed by atoms with Gasteiger partial charge in [0.05, 0.1) is 11.5 Å². The summed E-state index contributed by atoms with van der Waals surface area (Å²) in [5.74, 6) is 1.32. The fourth-order valence-electron chi connectivity index (χ4n) is 2.29.